The Bertz CT molecular complexity index is 1060. The van der Waals surface area contributed by atoms with Crippen LogP contribution < -0.4 is 14.8 Å². The van der Waals surface area contributed by atoms with Crippen LogP contribution in [-0.4, -0.2) is 48.3 Å². The zero-order valence-corrected chi connectivity index (χ0v) is 19.2. The summed E-state index contributed by atoms with van der Waals surface area (Å²) in [7, 11) is 1.54. The smallest absolute Gasteiger partial charge is 0.293 e. The van der Waals surface area contributed by atoms with Gasteiger partial charge in [-0.15, -0.1) is 0 Å². The lowest BCUT2D eigenvalue weighted by molar-refractivity contribution is -0.122. The summed E-state index contributed by atoms with van der Waals surface area (Å²) in [4.78, 5) is 39.0. The van der Waals surface area contributed by atoms with Gasteiger partial charge >= 0.3 is 0 Å². The average Bonchev–Trinajstić information content (AvgIpc) is 3.43. The van der Waals surface area contributed by atoms with Crippen molar-refractivity contribution in [1.29, 1.82) is 0 Å². The molecule has 2 fully saturated rings. The largest absolute Gasteiger partial charge is 0.493 e. The van der Waals surface area contributed by atoms with Gasteiger partial charge in [0.2, 0.25) is 0 Å². The maximum atomic E-state index is 12.6. The lowest BCUT2D eigenvalue weighted by Crippen LogP contribution is -2.37. The first-order valence-electron chi connectivity index (χ1n) is 11.0. The first kappa shape index (κ1) is 22.9. The van der Waals surface area contributed by atoms with Gasteiger partial charge in [0.05, 0.1) is 18.1 Å². The van der Waals surface area contributed by atoms with Crippen molar-refractivity contribution in [3.8, 4) is 11.5 Å². The minimum absolute atomic E-state index is 0.0997. The standard InChI is InChI=1S/C25H26N2O5S/c1-31-21-16-18(11-12-20(21)32-19-9-5-6-10-19)23(28)26-13-14-27-24(29)22(33-25(27)30)15-17-7-3-2-4-8-17/h2-4,7-8,11-12,15-16,19H,5-6,9-10,13-14H2,1H3,(H,26,28)/b22-15+. The van der Waals surface area contributed by atoms with Crippen LogP contribution in [0.4, 0.5) is 4.79 Å². The molecule has 1 saturated heterocycles. The highest BCUT2D eigenvalue weighted by Crippen LogP contribution is 2.33. The molecule has 2 aliphatic rings. The highest BCUT2D eigenvalue weighted by atomic mass is 32.2. The molecule has 33 heavy (non-hydrogen) atoms. The highest BCUT2D eigenvalue weighted by Gasteiger charge is 2.34. The van der Waals surface area contributed by atoms with E-state index in [2.05, 4.69) is 5.32 Å². The Labute approximate surface area is 197 Å². The summed E-state index contributed by atoms with van der Waals surface area (Å²) in [6.07, 6.45) is 6.27. The van der Waals surface area contributed by atoms with Gasteiger partial charge in [0.25, 0.3) is 17.1 Å². The number of hydrogen-bond donors (Lipinski definition) is 1. The molecule has 1 N–H and O–H groups in total. The van der Waals surface area contributed by atoms with Crippen molar-refractivity contribution in [3.05, 3.63) is 64.6 Å². The molecule has 7 nitrogen and oxygen atoms in total. The third-order valence-electron chi connectivity index (χ3n) is 5.61. The van der Waals surface area contributed by atoms with Crippen LogP contribution >= 0.6 is 11.8 Å². The third-order valence-corrected chi connectivity index (χ3v) is 6.52. The van der Waals surface area contributed by atoms with E-state index in [0.717, 1.165) is 47.9 Å². The molecule has 4 rings (SSSR count). The number of benzene rings is 2. The molecule has 0 aromatic heterocycles. The van der Waals surface area contributed by atoms with E-state index in [9.17, 15) is 14.4 Å². The van der Waals surface area contributed by atoms with Crippen molar-refractivity contribution in [2.75, 3.05) is 20.2 Å². The van der Waals surface area contributed by atoms with Gasteiger partial charge in [-0.1, -0.05) is 30.3 Å². The van der Waals surface area contributed by atoms with Gasteiger partial charge in [-0.2, -0.15) is 0 Å². The van der Waals surface area contributed by atoms with Crippen LogP contribution in [0.2, 0.25) is 0 Å². The number of rotatable bonds is 8. The van der Waals surface area contributed by atoms with Gasteiger partial charge < -0.3 is 14.8 Å². The first-order chi connectivity index (χ1) is 16.0. The van der Waals surface area contributed by atoms with Crippen molar-refractivity contribution >= 4 is 34.9 Å². The first-order valence-corrected chi connectivity index (χ1v) is 11.8. The minimum Gasteiger partial charge on any atom is -0.493 e. The Balaban J connectivity index is 1.33. The Morgan fingerprint density at radius 1 is 1.12 bits per heavy atom. The van der Waals surface area contributed by atoms with Crippen LogP contribution in [0.3, 0.4) is 0 Å². The number of amides is 3. The maximum absolute atomic E-state index is 12.6. The summed E-state index contributed by atoms with van der Waals surface area (Å²) in [5, 5.41) is 2.42. The summed E-state index contributed by atoms with van der Waals surface area (Å²) < 4.78 is 11.4. The van der Waals surface area contributed by atoms with Crippen LogP contribution in [0.5, 0.6) is 11.5 Å². The SMILES string of the molecule is COc1cc(C(=O)NCCN2C(=O)S/C(=C/c3ccccc3)C2=O)ccc1OC1CCCC1. The molecular formula is C25H26N2O5S. The Kier molecular flexibility index (Phi) is 7.34. The predicted molar refractivity (Wildman–Crippen MR) is 127 cm³/mol. The molecule has 0 unspecified atom stereocenters. The third kappa shape index (κ3) is 5.57. The van der Waals surface area contributed by atoms with E-state index < -0.39 is 0 Å². The van der Waals surface area contributed by atoms with Crippen LogP contribution in [-0.2, 0) is 4.79 Å². The molecule has 0 spiro atoms. The molecule has 1 heterocycles. The van der Waals surface area contributed by atoms with Crippen LogP contribution in [0.25, 0.3) is 6.08 Å². The lowest BCUT2D eigenvalue weighted by Gasteiger charge is -2.17. The van der Waals surface area contributed by atoms with Gasteiger partial charge in [-0.05, 0) is 67.3 Å². The monoisotopic (exact) mass is 466 g/mol. The summed E-state index contributed by atoms with van der Waals surface area (Å²) in [6.45, 7) is 0.251. The van der Waals surface area contributed by atoms with E-state index in [0.29, 0.717) is 22.0 Å². The van der Waals surface area contributed by atoms with E-state index in [1.165, 1.54) is 0 Å². The Hall–Kier alpha value is -3.26. The fourth-order valence-electron chi connectivity index (χ4n) is 3.87. The topological polar surface area (TPSA) is 84.9 Å². The summed E-state index contributed by atoms with van der Waals surface area (Å²) >= 11 is 0.907. The van der Waals surface area contributed by atoms with Crippen molar-refractivity contribution in [2.24, 2.45) is 0 Å². The number of ether oxygens (including phenoxy) is 2. The normalized spacial score (nSPS) is 17.6. The number of methoxy groups -OCH3 is 1. The van der Waals surface area contributed by atoms with E-state index >= 15 is 0 Å². The van der Waals surface area contributed by atoms with Gasteiger partial charge in [-0.25, -0.2) is 0 Å². The molecule has 172 valence electrons. The van der Waals surface area contributed by atoms with Gasteiger partial charge in [-0.3, -0.25) is 19.3 Å². The Morgan fingerprint density at radius 2 is 1.88 bits per heavy atom. The number of imide groups is 1. The van der Waals surface area contributed by atoms with Gasteiger partial charge in [0, 0.05) is 18.7 Å². The van der Waals surface area contributed by atoms with Crippen molar-refractivity contribution in [3.63, 3.8) is 0 Å². The quantitative estimate of drug-likeness (QED) is 0.578. The van der Waals surface area contributed by atoms with Crippen molar-refractivity contribution in [1.82, 2.24) is 10.2 Å². The summed E-state index contributed by atoms with van der Waals surface area (Å²) in [6, 6.07) is 14.4. The maximum Gasteiger partial charge on any atom is 0.293 e. The molecule has 0 radical (unpaired) electrons. The zero-order valence-electron chi connectivity index (χ0n) is 18.4. The average molecular weight is 467 g/mol. The zero-order chi connectivity index (χ0) is 23.2. The molecule has 3 amide bonds. The van der Waals surface area contributed by atoms with Crippen molar-refractivity contribution in [2.45, 2.75) is 31.8 Å². The van der Waals surface area contributed by atoms with Crippen molar-refractivity contribution < 1.29 is 23.9 Å². The molecular weight excluding hydrogens is 440 g/mol. The molecule has 0 bridgehead atoms. The van der Waals surface area contributed by atoms with Crippen LogP contribution in [0, 0.1) is 0 Å². The van der Waals surface area contributed by atoms with Crippen LogP contribution in [0.15, 0.2) is 53.4 Å². The molecule has 1 saturated carbocycles. The molecule has 1 aliphatic heterocycles. The molecule has 1 aliphatic carbocycles. The second-order valence-corrected chi connectivity index (χ2v) is 8.88. The van der Waals surface area contributed by atoms with Gasteiger partial charge in [0.1, 0.15) is 0 Å². The number of thioether (sulfide) groups is 1. The number of hydrogen-bond acceptors (Lipinski definition) is 6. The second-order valence-electron chi connectivity index (χ2n) is 7.89. The fraction of sp³-hybridized carbons (Fsp3) is 0.320. The van der Waals surface area contributed by atoms with E-state index in [-0.39, 0.29) is 36.2 Å². The number of nitrogens with one attached hydrogen (secondary N) is 1. The minimum atomic E-state index is -0.349. The van der Waals surface area contributed by atoms with E-state index in [4.69, 9.17) is 9.47 Å². The number of carbonyl (C=O) groups excluding carboxylic acids is 3. The van der Waals surface area contributed by atoms with E-state index in [1.54, 1.807) is 31.4 Å². The lowest BCUT2D eigenvalue weighted by atomic mass is 10.2. The molecule has 2 aromatic rings. The molecule has 8 heteroatoms. The summed E-state index contributed by atoms with van der Waals surface area (Å²) in [5.74, 6) is 0.473. The Morgan fingerprint density at radius 3 is 2.61 bits per heavy atom. The number of nitrogens with zero attached hydrogens (tertiary/aromatic N) is 1. The fourth-order valence-corrected chi connectivity index (χ4v) is 4.73. The summed E-state index contributed by atoms with van der Waals surface area (Å²) in [5.41, 5.74) is 1.27. The van der Waals surface area contributed by atoms with Gasteiger partial charge in [0.15, 0.2) is 11.5 Å². The molecule has 2 aromatic carbocycles. The highest BCUT2D eigenvalue weighted by molar-refractivity contribution is 8.18. The number of carbonyl (C=O) groups is 3. The van der Waals surface area contributed by atoms with E-state index in [1.807, 2.05) is 30.3 Å². The molecule has 0 atom stereocenters. The predicted octanol–water partition coefficient (Wildman–Crippen LogP) is 4.48. The van der Waals surface area contributed by atoms with Crippen LogP contribution in [0.1, 0.15) is 41.6 Å². The second kappa shape index (κ2) is 10.6.